The molecule has 1 aromatic rings. The van der Waals surface area contributed by atoms with Crippen LogP contribution in [0.2, 0.25) is 0 Å². The molecule has 0 bridgehead atoms. The second-order valence-electron chi connectivity index (χ2n) is 7.75. The first-order valence-electron chi connectivity index (χ1n) is 10.3. The monoisotopic (exact) mass is 393 g/mol. The van der Waals surface area contributed by atoms with Crippen molar-refractivity contribution >= 4 is 17.3 Å². The Kier molecular flexibility index (Phi) is 7.91. The molecule has 152 valence electrons. The van der Waals surface area contributed by atoms with Gasteiger partial charge >= 0.3 is 0 Å². The van der Waals surface area contributed by atoms with Gasteiger partial charge in [0.1, 0.15) is 5.01 Å². The summed E-state index contributed by atoms with van der Waals surface area (Å²) in [5.74, 6) is 1.70. The molecule has 1 saturated heterocycles. The van der Waals surface area contributed by atoms with Crippen molar-refractivity contribution in [3.63, 3.8) is 0 Å². The molecule has 0 radical (unpaired) electrons. The van der Waals surface area contributed by atoms with E-state index in [0.29, 0.717) is 0 Å². The number of hydrogen-bond donors (Lipinski definition) is 1. The summed E-state index contributed by atoms with van der Waals surface area (Å²) in [4.78, 5) is 15.6. The zero-order valence-corrected chi connectivity index (χ0v) is 18.0. The van der Waals surface area contributed by atoms with Gasteiger partial charge in [0.15, 0.2) is 5.96 Å². The highest BCUT2D eigenvalue weighted by molar-refractivity contribution is 7.11. The fourth-order valence-corrected chi connectivity index (χ4v) is 5.22. The SMILES string of the molecule is CN=C(NCC1CCN(CCOC)CC1)N(C)Cc1nc2c(s1)CCCC2. The number of aryl methyl sites for hydroxylation is 2. The van der Waals surface area contributed by atoms with Gasteiger partial charge in [-0.3, -0.25) is 4.99 Å². The molecule has 0 amide bonds. The number of fused-ring (bicyclic) bond motifs is 1. The lowest BCUT2D eigenvalue weighted by Crippen LogP contribution is -2.43. The van der Waals surface area contributed by atoms with E-state index in [1.165, 1.54) is 60.8 Å². The van der Waals surface area contributed by atoms with Crippen molar-refractivity contribution in [2.24, 2.45) is 10.9 Å². The smallest absolute Gasteiger partial charge is 0.193 e. The van der Waals surface area contributed by atoms with Crippen LogP contribution in [0.5, 0.6) is 0 Å². The quantitative estimate of drug-likeness (QED) is 0.569. The van der Waals surface area contributed by atoms with Crippen molar-refractivity contribution in [2.45, 2.75) is 45.1 Å². The molecule has 1 N–H and O–H groups in total. The highest BCUT2D eigenvalue weighted by Crippen LogP contribution is 2.27. The number of nitrogens with one attached hydrogen (secondary N) is 1. The number of rotatable bonds is 7. The molecule has 27 heavy (non-hydrogen) atoms. The molecule has 7 heteroatoms. The Morgan fingerprint density at radius 2 is 2.11 bits per heavy atom. The third-order valence-corrected chi connectivity index (χ3v) is 6.85. The maximum atomic E-state index is 5.19. The van der Waals surface area contributed by atoms with E-state index >= 15 is 0 Å². The van der Waals surface area contributed by atoms with E-state index in [9.17, 15) is 0 Å². The van der Waals surface area contributed by atoms with Gasteiger partial charge in [0.2, 0.25) is 0 Å². The van der Waals surface area contributed by atoms with Gasteiger partial charge in [-0.1, -0.05) is 0 Å². The lowest BCUT2D eigenvalue weighted by Gasteiger charge is -2.32. The maximum absolute atomic E-state index is 5.19. The number of aromatic nitrogens is 1. The van der Waals surface area contributed by atoms with Crippen molar-refractivity contribution in [3.8, 4) is 0 Å². The van der Waals surface area contributed by atoms with Gasteiger partial charge in [0.25, 0.3) is 0 Å². The van der Waals surface area contributed by atoms with Gasteiger partial charge in [0.05, 0.1) is 18.8 Å². The van der Waals surface area contributed by atoms with Crippen LogP contribution in [0, 0.1) is 5.92 Å². The number of methoxy groups -OCH3 is 1. The number of aliphatic imine (C=N–C) groups is 1. The molecule has 0 saturated carbocycles. The Balaban J connectivity index is 1.43. The zero-order chi connectivity index (χ0) is 19.1. The molecule has 1 aliphatic heterocycles. The van der Waals surface area contributed by atoms with Gasteiger partial charge in [-0.25, -0.2) is 4.98 Å². The predicted molar refractivity (Wildman–Crippen MR) is 113 cm³/mol. The number of guanidine groups is 1. The van der Waals surface area contributed by atoms with Gasteiger partial charge in [-0.15, -0.1) is 11.3 Å². The first-order valence-corrected chi connectivity index (χ1v) is 11.1. The molecular weight excluding hydrogens is 358 g/mol. The van der Waals surface area contributed by atoms with E-state index in [1.807, 2.05) is 18.4 Å². The minimum Gasteiger partial charge on any atom is -0.383 e. The van der Waals surface area contributed by atoms with E-state index in [-0.39, 0.29) is 0 Å². The summed E-state index contributed by atoms with van der Waals surface area (Å²) in [6.07, 6.45) is 7.48. The van der Waals surface area contributed by atoms with E-state index < -0.39 is 0 Å². The Morgan fingerprint density at radius 1 is 1.33 bits per heavy atom. The van der Waals surface area contributed by atoms with Crippen LogP contribution < -0.4 is 5.32 Å². The standard InChI is InChI=1S/C20H35N5OS/c1-21-20(22-14-16-8-10-25(11-9-16)12-13-26-3)24(2)15-19-23-17-6-4-5-7-18(17)27-19/h16H,4-15H2,1-3H3,(H,21,22). The predicted octanol–water partition coefficient (Wildman–Crippen LogP) is 2.39. The van der Waals surface area contributed by atoms with Gasteiger partial charge in [-0.2, -0.15) is 0 Å². The van der Waals surface area contributed by atoms with Gasteiger partial charge in [-0.05, 0) is 57.5 Å². The summed E-state index contributed by atoms with van der Waals surface area (Å²) in [7, 11) is 5.77. The van der Waals surface area contributed by atoms with Crippen LogP contribution in [0.15, 0.2) is 4.99 Å². The minimum absolute atomic E-state index is 0.723. The first-order chi connectivity index (χ1) is 13.2. The molecule has 0 atom stereocenters. The summed E-state index contributed by atoms with van der Waals surface area (Å²) >= 11 is 1.89. The Morgan fingerprint density at radius 3 is 2.81 bits per heavy atom. The van der Waals surface area contributed by atoms with Crippen molar-refractivity contribution in [1.29, 1.82) is 0 Å². The summed E-state index contributed by atoms with van der Waals surface area (Å²) < 4.78 is 5.19. The molecule has 1 fully saturated rings. The lowest BCUT2D eigenvalue weighted by atomic mass is 9.97. The first kappa shape index (κ1) is 20.6. The normalized spacial score (nSPS) is 19.1. The van der Waals surface area contributed by atoms with Gasteiger partial charge < -0.3 is 19.9 Å². The molecule has 0 unspecified atom stereocenters. The molecule has 2 heterocycles. The molecule has 0 aromatic carbocycles. The molecular formula is C20H35N5OS. The lowest BCUT2D eigenvalue weighted by molar-refractivity contribution is 0.120. The number of thiazole rings is 1. The maximum Gasteiger partial charge on any atom is 0.193 e. The fourth-order valence-electron chi connectivity index (χ4n) is 4.01. The number of piperidine rings is 1. The third-order valence-electron chi connectivity index (χ3n) is 5.70. The Labute approximate surface area is 168 Å². The van der Waals surface area contributed by atoms with Crippen LogP contribution >= 0.6 is 11.3 Å². The molecule has 1 aromatic heterocycles. The number of likely N-dealkylation sites (tertiary alicyclic amines) is 1. The largest absolute Gasteiger partial charge is 0.383 e. The summed E-state index contributed by atoms with van der Waals surface area (Å²) in [5.41, 5.74) is 1.35. The minimum atomic E-state index is 0.723. The molecule has 6 nitrogen and oxygen atoms in total. The average Bonchev–Trinajstić information content (AvgIpc) is 3.10. The Hall–Kier alpha value is -1.18. The second kappa shape index (κ2) is 10.4. The van der Waals surface area contributed by atoms with E-state index in [4.69, 9.17) is 9.72 Å². The van der Waals surface area contributed by atoms with Crippen molar-refractivity contribution < 1.29 is 4.74 Å². The number of ether oxygens (including phenoxy) is 1. The van der Waals surface area contributed by atoms with Crippen LogP contribution in [0.4, 0.5) is 0 Å². The topological polar surface area (TPSA) is 53.0 Å². The highest BCUT2D eigenvalue weighted by Gasteiger charge is 2.20. The summed E-state index contributed by atoms with van der Waals surface area (Å²) in [6.45, 7) is 6.08. The Bertz CT molecular complexity index is 586. The van der Waals surface area contributed by atoms with Gasteiger partial charge in [0, 0.05) is 39.2 Å². The van der Waals surface area contributed by atoms with Crippen molar-refractivity contribution in [1.82, 2.24) is 20.1 Å². The molecule has 1 aliphatic carbocycles. The van der Waals surface area contributed by atoms with Crippen LogP contribution in [0.3, 0.4) is 0 Å². The molecule has 0 spiro atoms. The number of nitrogens with zero attached hydrogens (tertiary/aromatic N) is 4. The zero-order valence-electron chi connectivity index (χ0n) is 17.2. The third kappa shape index (κ3) is 5.90. The highest BCUT2D eigenvalue weighted by atomic mass is 32.1. The van der Waals surface area contributed by atoms with Crippen molar-refractivity contribution in [2.75, 3.05) is 54.0 Å². The van der Waals surface area contributed by atoms with Crippen LogP contribution in [0.1, 0.15) is 41.3 Å². The fraction of sp³-hybridized carbons (Fsp3) is 0.800. The van der Waals surface area contributed by atoms with Crippen LogP contribution in [-0.4, -0.2) is 74.7 Å². The molecule has 3 rings (SSSR count). The van der Waals surface area contributed by atoms with Crippen LogP contribution in [0.25, 0.3) is 0 Å². The number of hydrogen-bond acceptors (Lipinski definition) is 5. The van der Waals surface area contributed by atoms with E-state index in [1.54, 1.807) is 7.11 Å². The second-order valence-corrected chi connectivity index (χ2v) is 8.91. The summed E-state index contributed by atoms with van der Waals surface area (Å²) in [6, 6.07) is 0. The van der Waals surface area contributed by atoms with Crippen molar-refractivity contribution in [3.05, 3.63) is 15.6 Å². The van der Waals surface area contributed by atoms with Crippen LogP contribution in [-0.2, 0) is 24.1 Å². The summed E-state index contributed by atoms with van der Waals surface area (Å²) in [5, 5.41) is 4.81. The van der Waals surface area contributed by atoms with E-state index in [0.717, 1.165) is 44.5 Å². The van der Waals surface area contributed by atoms with E-state index in [2.05, 4.69) is 27.2 Å². The average molecular weight is 394 g/mol. The molecule has 2 aliphatic rings.